The molecule has 1 fully saturated rings. The molecule has 6 heteroatoms. The van der Waals surface area contributed by atoms with Crippen molar-refractivity contribution in [2.24, 2.45) is 4.99 Å². The fourth-order valence-corrected chi connectivity index (χ4v) is 3.39. The minimum atomic E-state index is -0.135. The summed E-state index contributed by atoms with van der Waals surface area (Å²) in [6, 6.07) is 15.2. The van der Waals surface area contributed by atoms with E-state index in [2.05, 4.69) is 26.2 Å². The maximum absolute atomic E-state index is 12.1. The van der Waals surface area contributed by atoms with E-state index >= 15 is 0 Å². The molecule has 1 heterocycles. The normalized spacial score (nSPS) is 17.3. The molecule has 0 unspecified atom stereocenters. The SMILES string of the molecule is CCOc1ccc(N=C2NC(=O)C(=Cc3cccc(Br)c3)S2)cc1. The number of hydrogen-bond acceptors (Lipinski definition) is 4. The van der Waals surface area contributed by atoms with Crippen LogP contribution in [0.3, 0.4) is 0 Å². The predicted octanol–water partition coefficient (Wildman–Crippen LogP) is 4.74. The zero-order chi connectivity index (χ0) is 16.9. The molecule has 4 nitrogen and oxygen atoms in total. The van der Waals surface area contributed by atoms with Crippen LogP contribution >= 0.6 is 27.7 Å². The van der Waals surface area contributed by atoms with Crippen molar-refractivity contribution in [1.29, 1.82) is 0 Å². The maximum atomic E-state index is 12.1. The van der Waals surface area contributed by atoms with E-state index < -0.39 is 0 Å². The van der Waals surface area contributed by atoms with Crippen molar-refractivity contribution < 1.29 is 9.53 Å². The average molecular weight is 403 g/mol. The lowest BCUT2D eigenvalue weighted by Crippen LogP contribution is -2.19. The first-order valence-corrected chi connectivity index (χ1v) is 9.03. The molecule has 1 N–H and O–H groups in total. The number of halogens is 1. The molecule has 3 rings (SSSR count). The molecule has 0 aromatic heterocycles. The van der Waals surface area contributed by atoms with E-state index in [-0.39, 0.29) is 5.91 Å². The Labute approximate surface area is 153 Å². The van der Waals surface area contributed by atoms with Gasteiger partial charge in [-0.15, -0.1) is 0 Å². The first-order chi connectivity index (χ1) is 11.6. The van der Waals surface area contributed by atoms with Crippen LogP contribution < -0.4 is 10.1 Å². The van der Waals surface area contributed by atoms with E-state index in [1.807, 2.05) is 61.5 Å². The van der Waals surface area contributed by atoms with E-state index in [4.69, 9.17) is 4.74 Å². The minimum absolute atomic E-state index is 0.135. The Morgan fingerprint density at radius 2 is 2.04 bits per heavy atom. The molecule has 1 aliphatic rings. The second-order valence-corrected chi connectivity index (χ2v) is 6.91. The Hall–Kier alpha value is -2.05. The number of carbonyl (C=O) groups is 1. The number of ether oxygens (including phenoxy) is 1. The van der Waals surface area contributed by atoms with Crippen LogP contribution in [0.4, 0.5) is 5.69 Å². The van der Waals surface area contributed by atoms with Gasteiger partial charge in [0.2, 0.25) is 0 Å². The first kappa shape index (κ1) is 16.8. The largest absolute Gasteiger partial charge is 0.494 e. The second-order valence-electron chi connectivity index (χ2n) is 4.96. The van der Waals surface area contributed by atoms with Crippen LogP contribution in [0.2, 0.25) is 0 Å². The Bertz CT molecular complexity index is 816. The van der Waals surface area contributed by atoms with E-state index in [0.717, 1.165) is 21.5 Å². The summed E-state index contributed by atoms with van der Waals surface area (Å²) in [4.78, 5) is 17.2. The third kappa shape index (κ3) is 4.27. The number of aliphatic imine (C=N–C) groups is 1. The highest BCUT2D eigenvalue weighted by atomic mass is 79.9. The van der Waals surface area contributed by atoms with Gasteiger partial charge < -0.3 is 10.1 Å². The summed E-state index contributed by atoms with van der Waals surface area (Å²) in [5.41, 5.74) is 1.73. The standard InChI is InChI=1S/C18H15BrN2O2S/c1-2-23-15-8-6-14(7-9-15)20-18-21-17(22)16(24-18)11-12-4-3-5-13(19)10-12/h3-11H,2H2,1H3,(H,20,21,22). The van der Waals surface area contributed by atoms with E-state index in [0.29, 0.717) is 16.7 Å². The molecular weight excluding hydrogens is 388 g/mol. The highest BCUT2D eigenvalue weighted by Gasteiger charge is 2.23. The number of amidine groups is 1. The first-order valence-electron chi connectivity index (χ1n) is 7.42. The summed E-state index contributed by atoms with van der Waals surface area (Å²) in [6.45, 7) is 2.57. The predicted molar refractivity (Wildman–Crippen MR) is 103 cm³/mol. The van der Waals surface area contributed by atoms with Gasteiger partial charge in [0.05, 0.1) is 17.2 Å². The third-order valence-electron chi connectivity index (χ3n) is 3.18. The average Bonchev–Trinajstić information content (AvgIpc) is 2.89. The molecule has 2 aromatic carbocycles. The molecule has 2 aromatic rings. The molecular formula is C18H15BrN2O2S. The zero-order valence-corrected chi connectivity index (χ0v) is 15.4. The number of hydrogen-bond donors (Lipinski definition) is 1. The van der Waals surface area contributed by atoms with Gasteiger partial charge in [-0.1, -0.05) is 28.1 Å². The smallest absolute Gasteiger partial charge is 0.264 e. The van der Waals surface area contributed by atoms with Crippen LogP contribution in [0, 0.1) is 0 Å². The van der Waals surface area contributed by atoms with Crippen LogP contribution in [-0.4, -0.2) is 17.7 Å². The van der Waals surface area contributed by atoms with E-state index in [1.54, 1.807) is 0 Å². The highest BCUT2D eigenvalue weighted by molar-refractivity contribution is 9.10. The van der Waals surface area contributed by atoms with E-state index in [9.17, 15) is 4.79 Å². The molecule has 0 radical (unpaired) electrons. The van der Waals surface area contributed by atoms with Crippen LogP contribution in [0.1, 0.15) is 12.5 Å². The van der Waals surface area contributed by atoms with Gasteiger partial charge in [0.25, 0.3) is 5.91 Å². The number of benzene rings is 2. The lowest BCUT2D eigenvalue weighted by Gasteiger charge is -2.02. The van der Waals surface area contributed by atoms with Crippen LogP contribution in [0.5, 0.6) is 5.75 Å². The molecule has 1 amide bonds. The van der Waals surface area contributed by atoms with Crippen molar-refractivity contribution in [1.82, 2.24) is 5.32 Å². The molecule has 0 bridgehead atoms. The van der Waals surface area contributed by atoms with Gasteiger partial charge in [-0.25, -0.2) is 4.99 Å². The number of amides is 1. The van der Waals surface area contributed by atoms with Crippen molar-refractivity contribution >= 4 is 50.5 Å². The maximum Gasteiger partial charge on any atom is 0.264 e. The topological polar surface area (TPSA) is 50.7 Å². The van der Waals surface area contributed by atoms with Crippen LogP contribution in [-0.2, 0) is 4.79 Å². The summed E-state index contributed by atoms with van der Waals surface area (Å²) in [7, 11) is 0. The molecule has 1 aliphatic heterocycles. The van der Waals surface area contributed by atoms with Crippen molar-refractivity contribution in [3.63, 3.8) is 0 Å². The molecule has 0 spiro atoms. The Morgan fingerprint density at radius 3 is 2.75 bits per heavy atom. The van der Waals surface area contributed by atoms with Gasteiger partial charge in [0.15, 0.2) is 5.17 Å². The lowest BCUT2D eigenvalue weighted by atomic mass is 10.2. The van der Waals surface area contributed by atoms with Gasteiger partial charge in [0.1, 0.15) is 5.75 Å². The van der Waals surface area contributed by atoms with Gasteiger partial charge in [0, 0.05) is 4.47 Å². The molecule has 0 atom stereocenters. The fraction of sp³-hybridized carbons (Fsp3) is 0.111. The number of nitrogens with zero attached hydrogens (tertiary/aromatic N) is 1. The van der Waals surface area contributed by atoms with Gasteiger partial charge >= 0.3 is 0 Å². The molecule has 1 saturated heterocycles. The summed E-state index contributed by atoms with van der Waals surface area (Å²) in [5.74, 6) is 0.671. The second kappa shape index (κ2) is 7.68. The van der Waals surface area contributed by atoms with E-state index in [1.165, 1.54) is 11.8 Å². The Morgan fingerprint density at radius 1 is 1.25 bits per heavy atom. The Kier molecular flexibility index (Phi) is 5.37. The minimum Gasteiger partial charge on any atom is -0.494 e. The van der Waals surface area contributed by atoms with Crippen molar-refractivity contribution in [3.8, 4) is 5.75 Å². The highest BCUT2D eigenvalue weighted by Crippen LogP contribution is 2.29. The summed E-state index contributed by atoms with van der Waals surface area (Å²) in [5, 5.41) is 3.36. The third-order valence-corrected chi connectivity index (χ3v) is 4.58. The fourth-order valence-electron chi connectivity index (χ4n) is 2.13. The number of carbonyl (C=O) groups excluding carboxylic acids is 1. The molecule has 0 saturated carbocycles. The van der Waals surface area contributed by atoms with Gasteiger partial charge in [-0.3, -0.25) is 4.79 Å². The van der Waals surface area contributed by atoms with Crippen molar-refractivity contribution in [2.75, 3.05) is 6.61 Å². The number of nitrogens with one attached hydrogen (secondary N) is 1. The monoisotopic (exact) mass is 402 g/mol. The Balaban J connectivity index is 1.76. The number of rotatable bonds is 4. The molecule has 0 aliphatic carbocycles. The van der Waals surface area contributed by atoms with Crippen LogP contribution in [0.15, 0.2) is 62.9 Å². The number of thioether (sulfide) groups is 1. The zero-order valence-electron chi connectivity index (χ0n) is 13.0. The molecule has 24 heavy (non-hydrogen) atoms. The van der Waals surface area contributed by atoms with Crippen molar-refractivity contribution in [2.45, 2.75) is 6.92 Å². The summed E-state index contributed by atoms with van der Waals surface area (Å²) < 4.78 is 6.38. The summed E-state index contributed by atoms with van der Waals surface area (Å²) in [6.07, 6.45) is 1.85. The quantitative estimate of drug-likeness (QED) is 0.751. The molecule has 122 valence electrons. The van der Waals surface area contributed by atoms with Crippen LogP contribution in [0.25, 0.3) is 6.08 Å². The lowest BCUT2D eigenvalue weighted by molar-refractivity contribution is -0.115. The van der Waals surface area contributed by atoms with Gasteiger partial charge in [-0.2, -0.15) is 0 Å². The van der Waals surface area contributed by atoms with Crippen molar-refractivity contribution in [3.05, 3.63) is 63.5 Å². The summed E-state index contributed by atoms with van der Waals surface area (Å²) >= 11 is 4.76. The van der Waals surface area contributed by atoms with Gasteiger partial charge in [-0.05, 0) is 66.7 Å².